The molecular formula is C10H18O2. The standard InChI is InChI=1S/C10H18O2/c1-2-12-10(8-9-11)6-4-3-5-7-10/h2,11H,1,3-9H2. The molecule has 0 unspecified atom stereocenters. The molecule has 0 saturated heterocycles. The van der Waals surface area contributed by atoms with Gasteiger partial charge in [0.2, 0.25) is 0 Å². The van der Waals surface area contributed by atoms with Crippen molar-refractivity contribution in [2.24, 2.45) is 0 Å². The van der Waals surface area contributed by atoms with Crippen molar-refractivity contribution in [1.82, 2.24) is 0 Å². The van der Waals surface area contributed by atoms with E-state index in [9.17, 15) is 0 Å². The highest BCUT2D eigenvalue weighted by molar-refractivity contribution is 4.85. The van der Waals surface area contributed by atoms with Gasteiger partial charge in [0.15, 0.2) is 0 Å². The Morgan fingerprint density at radius 1 is 1.33 bits per heavy atom. The first-order valence-corrected chi connectivity index (χ1v) is 4.72. The molecule has 1 rings (SSSR count). The third-order valence-corrected chi connectivity index (χ3v) is 2.67. The molecule has 12 heavy (non-hydrogen) atoms. The van der Waals surface area contributed by atoms with Crippen LogP contribution in [0.15, 0.2) is 12.8 Å². The quantitative estimate of drug-likeness (QED) is 0.656. The summed E-state index contributed by atoms with van der Waals surface area (Å²) in [5, 5.41) is 8.90. The van der Waals surface area contributed by atoms with E-state index in [1.54, 1.807) is 0 Å². The average Bonchev–Trinajstić information content (AvgIpc) is 2.07. The van der Waals surface area contributed by atoms with Crippen LogP contribution in [0, 0.1) is 0 Å². The van der Waals surface area contributed by atoms with Crippen molar-refractivity contribution in [2.75, 3.05) is 6.61 Å². The summed E-state index contributed by atoms with van der Waals surface area (Å²) in [4.78, 5) is 0. The van der Waals surface area contributed by atoms with Crippen molar-refractivity contribution in [2.45, 2.75) is 44.1 Å². The van der Waals surface area contributed by atoms with Crippen molar-refractivity contribution < 1.29 is 9.84 Å². The van der Waals surface area contributed by atoms with E-state index in [1.165, 1.54) is 25.5 Å². The minimum Gasteiger partial charge on any atom is -0.495 e. The normalized spacial score (nSPS) is 21.8. The highest BCUT2D eigenvalue weighted by Crippen LogP contribution is 2.34. The predicted molar refractivity (Wildman–Crippen MR) is 48.8 cm³/mol. The molecule has 1 N–H and O–H groups in total. The lowest BCUT2D eigenvalue weighted by Crippen LogP contribution is -2.34. The molecule has 1 aliphatic rings. The fourth-order valence-corrected chi connectivity index (χ4v) is 2.00. The number of hydrogen-bond donors (Lipinski definition) is 1. The van der Waals surface area contributed by atoms with Gasteiger partial charge in [-0.1, -0.05) is 13.0 Å². The Bertz CT molecular complexity index is 131. The van der Waals surface area contributed by atoms with E-state index < -0.39 is 0 Å². The molecule has 0 aromatic rings. The summed E-state index contributed by atoms with van der Waals surface area (Å²) in [7, 11) is 0. The first-order valence-electron chi connectivity index (χ1n) is 4.72. The first kappa shape index (κ1) is 9.59. The minimum atomic E-state index is -0.0885. The number of aliphatic hydroxyl groups excluding tert-OH is 1. The third-order valence-electron chi connectivity index (χ3n) is 2.67. The van der Waals surface area contributed by atoms with E-state index >= 15 is 0 Å². The van der Waals surface area contributed by atoms with E-state index in [-0.39, 0.29) is 12.2 Å². The molecule has 0 amide bonds. The van der Waals surface area contributed by atoms with Crippen LogP contribution in [0.5, 0.6) is 0 Å². The molecule has 0 aromatic heterocycles. The molecule has 0 atom stereocenters. The Morgan fingerprint density at radius 2 is 2.00 bits per heavy atom. The summed E-state index contributed by atoms with van der Waals surface area (Å²) in [5.41, 5.74) is -0.0885. The van der Waals surface area contributed by atoms with Crippen LogP contribution in [-0.2, 0) is 4.74 Å². The Morgan fingerprint density at radius 3 is 2.50 bits per heavy atom. The predicted octanol–water partition coefficient (Wildman–Crippen LogP) is 2.23. The molecule has 0 aliphatic heterocycles. The molecule has 0 spiro atoms. The molecule has 0 aromatic carbocycles. The Balaban J connectivity index is 2.49. The Kier molecular flexibility index (Phi) is 3.60. The zero-order valence-corrected chi connectivity index (χ0v) is 7.59. The fourth-order valence-electron chi connectivity index (χ4n) is 2.00. The number of hydrogen-bond acceptors (Lipinski definition) is 2. The van der Waals surface area contributed by atoms with Crippen LogP contribution in [0.2, 0.25) is 0 Å². The van der Waals surface area contributed by atoms with Crippen LogP contribution in [-0.4, -0.2) is 17.3 Å². The van der Waals surface area contributed by atoms with Gasteiger partial charge in [0.25, 0.3) is 0 Å². The zero-order chi connectivity index (χ0) is 8.86. The summed E-state index contributed by atoms with van der Waals surface area (Å²) < 4.78 is 5.51. The van der Waals surface area contributed by atoms with E-state index in [0.717, 1.165) is 19.3 Å². The molecule has 70 valence electrons. The summed E-state index contributed by atoms with van der Waals surface area (Å²) in [6.45, 7) is 3.79. The van der Waals surface area contributed by atoms with Crippen molar-refractivity contribution >= 4 is 0 Å². The molecule has 1 fully saturated rings. The second-order valence-electron chi connectivity index (χ2n) is 3.50. The van der Waals surface area contributed by atoms with Gasteiger partial charge in [-0.15, -0.1) is 0 Å². The van der Waals surface area contributed by atoms with Crippen LogP contribution >= 0.6 is 0 Å². The highest BCUT2D eigenvalue weighted by Gasteiger charge is 2.32. The minimum absolute atomic E-state index is 0.0885. The monoisotopic (exact) mass is 170 g/mol. The second-order valence-corrected chi connectivity index (χ2v) is 3.50. The third kappa shape index (κ3) is 2.24. The smallest absolute Gasteiger partial charge is 0.110 e. The lowest BCUT2D eigenvalue weighted by atomic mass is 9.82. The van der Waals surface area contributed by atoms with Crippen molar-refractivity contribution in [3.8, 4) is 0 Å². The van der Waals surface area contributed by atoms with Gasteiger partial charge in [-0.2, -0.15) is 0 Å². The van der Waals surface area contributed by atoms with Crippen molar-refractivity contribution in [3.05, 3.63) is 12.8 Å². The van der Waals surface area contributed by atoms with Crippen LogP contribution in [0.3, 0.4) is 0 Å². The average molecular weight is 170 g/mol. The molecule has 1 aliphatic carbocycles. The molecular weight excluding hydrogens is 152 g/mol. The maximum atomic E-state index is 8.90. The van der Waals surface area contributed by atoms with Crippen LogP contribution in [0.1, 0.15) is 38.5 Å². The lowest BCUT2D eigenvalue weighted by molar-refractivity contribution is -0.0287. The first-order chi connectivity index (χ1) is 5.83. The Labute approximate surface area is 74.2 Å². The zero-order valence-electron chi connectivity index (χ0n) is 7.59. The van der Waals surface area contributed by atoms with Gasteiger partial charge in [-0.25, -0.2) is 0 Å². The molecule has 1 saturated carbocycles. The van der Waals surface area contributed by atoms with Gasteiger partial charge >= 0.3 is 0 Å². The second kappa shape index (κ2) is 4.51. The van der Waals surface area contributed by atoms with E-state index in [1.807, 2.05) is 0 Å². The summed E-state index contributed by atoms with van der Waals surface area (Å²) in [5.74, 6) is 0. The number of aliphatic hydroxyl groups is 1. The molecule has 2 nitrogen and oxygen atoms in total. The van der Waals surface area contributed by atoms with Crippen LogP contribution < -0.4 is 0 Å². The summed E-state index contributed by atoms with van der Waals surface area (Å²) >= 11 is 0. The van der Waals surface area contributed by atoms with Crippen molar-refractivity contribution in [3.63, 3.8) is 0 Å². The maximum Gasteiger partial charge on any atom is 0.110 e. The van der Waals surface area contributed by atoms with Gasteiger partial charge in [0.05, 0.1) is 6.26 Å². The number of ether oxygens (including phenoxy) is 1. The van der Waals surface area contributed by atoms with Crippen molar-refractivity contribution in [1.29, 1.82) is 0 Å². The Hall–Kier alpha value is -0.500. The fraction of sp³-hybridized carbons (Fsp3) is 0.800. The van der Waals surface area contributed by atoms with E-state index in [0.29, 0.717) is 0 Å². The SMILES string of the molecule is C=COC1(CCO)CCCCC1. The van der Waals surface area contributed by atoms with Gasteiger partial charge in [-0.05, 0) is 25.7 Å². The molecule has 0 heterocycles. The topological polar surface area (TPSA) is 29.5 Å². The summed E-state index contributed by atoms with van der Waals surface area (Å²) in [6.07, 6.45) is 8.13. The van der Waals surface area contributed by atoms with Gasteiger partial charge in [0.1, 0.15) is 5.60 Å². The van der Waals surface area contributed by atoms with E-state index in [2.05, 4.69) is 6.58 Å². The maximum absolute atomic E-state index is 8.90. The highest BCUT2D eigenvalue weighted by atomic mass is 16.5. The van der Waals surface area contributed by atoms with Crippen LogP contribution in [0.25, 0.3) is 0 Å². The van der Waals surface area contributed by atoms with Gasteiger partial charge in [0, 0.05) is 13.0 Å². The molecule has 0 bridgehead atoms. The molecule has 2 heteroatoms. The van der Waals surface area contributed by atoms with Gasteiger partial charge < -0.3 is 9.84 Å². The number of rotatable bonds is 4. The molecule has 0 radical (unpaired) electrons. The summed E-state index contributed by atoms with van der Waals surface area (Å²) in [6, 6.07) is 0. The van der Waals surface area contributed by atoms with Crippen LogP contribution in [0.4, 0.5) is 0 Å². The van der Waals surface area contributed by atoms with Gasteiger partial charge in [-0.3, -0.25) is 0 Å². The largest absolute Gasteiger partial charge is 0.495 e. The van der Waals surface area contributed by atoms with E-state index in [4.69, 9.17) is 9.84 Å². The lowest BCUT2D eigenvalue weighted by Gasteiger charge is -2.35.